The van der Waals surface area contributed by atoms with Gasteiger partial charge in [-0.1, -0.05) is 6.92 Å². The highest BCUT2D eigenvalue weighted by molar-refractivity contribution is 5.85. The number of halogens is 3. The van der Waals surface area contributed by atoms with E-state index in [0.29, 0.717) is 6.54 Å². The molecule has 0 radical (unpaired) electrons. The number of alkyl halides is 3. The smallest absolute Gasteiger partial charge is 0.345 e. The Morgan fingerprint density at radius 2 is 1.88 bits per heavy atom. The largest absolute Gasteiger partial charge is 0.405 e. The summed E-state index contributed by atoms with van der Waals surface area (Å²) in [5, 5.41) is 4.44. The number of rotatable bonds is 6. The molecule has 0 aliphatic carbocycles. The van der Waals surface area contributed by atoms with Crippen LogP contribution in [-0.4, -0.2) is 56.1 Å². The van der Waals surface area contributed by atoms with Crippen molar-refractivity contribution in [3.05, 3.63) is 0 Å². The maximum atomic E-state index is 11.8. The highest BCUT2D eigenvalue weighted by Gasteiger charge is 2.27. The van der Waals surface area contributed by atoms with E-state index >= 15 is 0 Å². The molecule has 0 unspecified atom stereocenters. The topological polar surface area (TPSA) is 61.4 Å². The lowest BCUT2D eigenvalue weighted by atomic mass is 10.4. The van der Waals surface area contributed by atoms with E-state index in [-0.39, 0.29) is 19.0 Å². The van der Waals surface area contributed by atoms with Gasteiger partial charge in [0, 0.05) is 7.05 Å². The molecule has 0 fully saturated rings. The molecule has 0 heterocycles. The molecule has 0 saturated carbocycles. The van der Waals surface area contributed by atoms with E-state index in [1.54, 1.807) is 5.32 Å². The molecule has 5 nitrogen and oxygen atoms in total. The standard InChI is InChI=1S/C9H16F3N3O2/c1-3-13-4-8(17)15(2)5-7(16)14-6-9(10,11)12/h13H,3-6H2,1-2H3,(H,14,16). The van der Waals surface area contributed by atoms with Crippen molar-refractivity contribution in [1.29, 1.82) is 0 Å². The number of nitrogens with zero attached hydrogens (tertiary/aromatic N) is 1. The summed E-state index contributed by atoms with van der Waals surface area (Å²) in [6.07, 6.45) is -4.44. The zero-order chi connectivity index (χ0) is 13.5. The minimum absolute atomic E-state index is 0.0551. The fourth-order valence-corrected chi connectivity index (χ4v) is 0.925. The van der Waals surface area contributed by atoms with Crippen molar-refractivity contribution in [2.24, 2.45) is 0 Å². The van der Waals surface area contributed by atoms with Crippen LogP contribution in [0.3, 0.4) is 0 Å². The molecule has 0 aromatic heterocycles. The predicted molar refractivity (Wildman–Crippen MR) is 55.2 cm³/mol. The summed E-state index contributed by atoms with van der Waals surface area (Å²) in [6.45, 7) is 0.685. The van der Waals surface area contributed by atoms with Crippen LogP contribution < -0.4 is 10.6 Å². The first kappa shape index (κ1) is 15.7. The Kier molecular flexibility index (Phi) is 6.55. The van der Waals surface area contributed by atoms with Crippen LogP contribution in [0.2, 0.25) is 0 Å². The van der Waals surface area contributed by atoms with Gasteiger partial charge in [-0.15, -0.1) is 0 Å². The van der Waals surface area contributed by atoms with E-state index in [0.717, 1.165) is 4.90 Å². The van der Waals surface area contributed by atoms with E-state index < -0.39 is 18.6 Å². The van der Waals surface area contributed by atoms with E-state index in [4.69, 9.17) is 0 Å². The van der Waals surface area contributed by atoms with Crippen LogP contribution in [0.5, 0.6) is 0 Å². The van der Waals surface area contributed by atoms with Gasteiger partial charge in [0.2, 0.25) is 11.8 Å². The molecule has 0 aliphatic heterocycles. The lowest BCUT2D eigenvalue weighted by Crippen LogP contribution is -2.44. The number of carbonyl (C=O) groups excluding carboxylic acids is 2. The average Bonchev–Trinajstić information content (AvgIpc) is 2.22. The minimum atomic E-state index is -4.44. The SMILES string of the molecule is CCNCC(=O)N(C)CC(=O)NCC(F)(F)F. The van der Waals surface area contributed by atoms with E-state index in [1.807, 2.05) is 6.92 Å². The Balaban J connectivity index is 3.91. The van der Waals surface area contributed by atoms with Gasteiger partial charge in [-0.25, -0.2) is 0 Å². The molecule has 8 heteroatoms. The third-order valence-electron chi connectivity index (χ3n) is 1.82. The first-order chi connectivity index (χ1) is 7.76. The summed E-state index contributed by atoms with van der Waals surface area (Å²) in [6, 6.07) is 0. The summed E-state index contributed by atoms with van der Waals surface area (Å²) < 4.78 is 35.3. The maximum absolute atomic E-state index is 11.8. The van der Waals surface area contributed by atoms with Crippen molar-refractivity contribution in [3.8, 4) is 0 Å². The van der Waals surface area contributed by atoms with E-state index in [9.17, 15) is 22.8 Å². The Bertz CT molecular complexity index is 269. The Labute approximate surface area is 97.3 Å². The predicted octanol–water partition coefficient (Wildman–Crippen LogP) is -0.267. The molecule has 0 aliphatic rings. The number of carbonyl (C=O) groups is 2. The van der Waals surface area contributed by atoms with Crippen molar-refractivity contribution in [2.75, 3.05) is 33.2 Å². The second-order valence-corrected chi connectivity index (χ2v) is 3.42. The van der Waals surface area contributed by atoms with E-state index in [2.05, 4.69) is 5.32 Å². The molecule has 0 rings (SSSR count). The first-order valence-corrected chi connectivity index (χ1v) is 5.04. The fraction of sp³-hybridized carbons (Fsp3) is 0.778. The third-order valence-corrected chi connectivity index (χ3v) is 1.82. The van der Waals surface area contributed by atoms with Crippen molar-refractivity contribution < 1.29 is 22.8 Å². The van der Waals surface area contributed by atoms with E-state index in [1.165, 1.54) is 7.05 Å². The van der Waals surface area contributed by atoms with Crippen molar-refractivity contribution in [1.82, 2.24) is 15.5 Å². The molecular formula is C9H16F3N3O2. The highest BCUT2D eigenvalue weighted by atomic mass is 19.4. The number of likely N-dealkylation sites (N-methyl/N-ethyl adjacent to an activating group) is 2. The number of hydrogen-bond donors (Lipinski definition) is 2. The Hall–Kier alpha value is -1.31. The summed E-state index contributed by atoms with van der Waals surface area (Å²) in [7, 11) is 1.35. The summed E-state index contributed by atoms with van der Waals surface area (Å²) >= 11 is 0. The number of nitrogens with one attached hydrogen (secondary N) is 2. The first-order valence-electron chi connectivity index (χ1n) is 5.04. The summed E-state index contributed by atoms with van der Waals surface area (Å²) in [5.74, 6) is -1.19. The van der Waals surface area contributed by atoms with Crippen LogP contribution in [-0.2, 0) is 9.59 Å². The van der Waals surface area contributed by atoms with Crippen LogP contribution in [0.15, 0.2) is 0 Å². The van der Waals surface area contributed by atoms with Gasteiger partial charge >= 0.3 is 6.18 Å². The molecule has 17 heavy (non-hydrogen) atoms. The Morgan fingerprint density at radius 1 is 1.29 bits per heavy atom. The highest BCUT2D eigenvalue weighted by Crippen LogP contribution is 2.11. The Morgan fingerprint density at radius 3 is 2.35 bits per heavy atom. The molecule has 0 spiro atoms. The molecule has 2 amide bonds. The molecule has 0 atom stereocenters. The van der Waals surface area contributed by atoms with Gasteiger partial charge in [0.1, 0.15) is 6.54 Å². The monoisotopic (exact) mass is 255 g/mol. The molecule has 0 bridgehead atoms. The van der Waals surface area contributed by atoms with Crippen LogP contribution in [0.1, 0.15) is 6.92 Å². The van der Waals surface area contributed by atoms with Crippen LogP contribution >= 0.6 is 0 Å². The zero-order valence-corrected chi connectivity index (χ0v) is 9.73. The maximum Gasteiger partial charge on any atom is 0.405 e. The van der Waals surface area contributed by atoms with Crippen molar-refractivity contribution in [3.63, 3.8) is 0 Å². The summed E-state index contributed by atoms with van der Waals surface area (Å²) in [5.41, 5.74) is 0. The minimum Gasteiger partial charge on any atom is -0.345 e. The van der Waals surface area contributed by atoms with Crippen molar-refractivity contribution in [2.45, 2.75) is 13.1 Å². The van der Waals surface area contributed by atoms with Crippen molar-refractivity contribution >= 4 is 11.8 Å². The lowest BCUT2D eigenvalue weighted by Gasteiger charge is -2.17. The van der Waals surface area contributed by atoms with Gasteiger partial charge in [0.05, 0.1) is 13.1 Å². The summed E-state index contributed by atoms with van der Waals surface area (Å²) in [4.78, 5) is 23.4. The number of hydrogen-bond acceptors (Lipinski definition) is 3. The molecular weight excluding hydrogens is 239 g/mol. The van der Waals surface area contributed by atoms with Gasteiger partial charge in [-0.05, 0) is 6.54 Å². The van der Waals surface area contributed by atoms with Crippen LogP contribution in [0.4, 0.5) is 13.2 Å². The second kappa shape index (κ2) is 7.10. The van der Waals surface area contributed by atoms with Crippen LogP contribution in [0.25, 0.3) is 0 Å². The normalized spacial score (nSPS) is 11.1. The molecule has 0 saturated heterocycles. The molecule has 100 valence electrons. The molecule has 2 N–H and O–H groups in total. The van der Waals surface area contributed by atoms with Gasteiger partial charge in [0.15, 0.2) is 0 Å². The zero-order valence-electron chi connectivity index (χ0n) is 9.73. The third kappa shape index (κ3) is 8.49. The lowest BCUT2D eigenvalue weighted by molar-refractivity contribution is -0.141. The van der Waals surface area contributed by atoms with Gasteiger partial charge < -0.3 is 15.5 Å². The fourth-order valence-electron chi connectivity index (χ4n) is 0.925. The molecule has 0 aromatic carbocycles. The second-order valence-electron chi connectivity index (χ2n) is 3.42. The van der Waals surface area contributed by atoms with Gasteiger partial charge in [-0.3, -0.25) is 9.59 Å². The average molecular weight is 255 g/mol. The van der Waals surface area contributed by atoms with Gasteiger partial charge in [0.25, 0.3) is 0 Å². The number of amides is 2. The van der Waals surface area contributed by atoms with Crippen LogP contribution in [0, 0.1) is 0 Å². The molecule has 0 aromatic rings. The quantitative estimate of drug-likeness (QED) is 0.687. The van der Waals surface area contributed by atoms with Gasteiger partial charge in [-0.2, -0.15) is 13.2 Å².